The van der Waals surface area contributed by atoms with Crippen LogP contribution in [0.1, 0.15) is 52.7 Å². The molecule has 8 heteroatoms. The molecule has 0 aliphatic heterocycles. The summed E-state index contributed by atoms with van der Waals surface area (Å²) in [6.07, 6.45) is -0.528. The molecular weight excluding hydrogens is 492 g/mol. The van der Waals surface area contributed by atoms with Crippen LogP contribution in [0.15, 0.2) is 60.7 Å². The lowest BCUT2D eigenvalue weighted by molar-refractivity contribution is -0.128. The van der Waals surface area contributed by atoms with Gasteiger partial charge in [0.1, 0.15) is 0 Å². The van der Waals surface area contributed by atoms with Crippen LogP contribution in [0.5, 0.6) is 0 Å². The molecule has 0 radical (unpaired) electrons. The van der Waals surface area contributed by atoms with Crippen LogP contribution in [0, 0.1) is 16.7 Å². The van der Waals surface area contributed by atoms with Crippen LogP contribution in [-0.4, -0.2) is 58.9 Å². The van der Waals surface area contributed by atoms with Gasteiger partial charge in [-0.05, 0) is 34.8 Å². The molecule has 0 aliphatic rings. The normalized spacial score (nSPS) is 16.9. The predicted octanol–water partition coefficient (Wildman–Crippen LogP) is 2.16. The van der Waals surface area contributed by atoms with E-state index in [1.165, 1.54) is 0 Å². The number of nitrogens with two attached hydrogens (primary N) is 2. The van der Waals surface area contributed by atoms with Gasteiger partial charge in [-0.15, -0.1) is 0 Å². The largest absolute Gasteiger partial charge is 0.396 e. The topological polar surface area (TPSA) is 151 Å². The van der Waals surface area contributed by atoms with Crippen molar-refractivity contribution in [3.05, 3.63) is 71.8 Å². The highest BCUT2D eigenvalue weighted by atomic mass is 16.3. The molecule has 216 valence electrons. The van der Waals surface area contributed by atoms with Crippen molar-refractivity contribution in [2.45, 2.75) is 84.7 Å². The first kappa shape index (κ1) is 32.4. The lowest BCUT2D eigenvalue weighted by Gasteiger charge is -2.37. The van der Waals surface area contributed by atoms with Gasteiger partial charge in [0.05, 0.1) is 30.8 Å². The van der Waals surface area contributed by atoms with E-state index in [0.717, 1.165) is 11.1 Å². The molecule has 2 rings (SSSR count). The van der Waals surface area contributed by atoms with E-state index in [9.17, 15) is 19.8 Å². The van der Waals surface area contributed by atoms with Crippen molar-refractivity contribution in [3.8, 4) is 0 Å². The Morgan fingerprint density at radius 2 is 1.08 bits per heavy atom. The van der Waals surface area contributed by atoms with Crippen LogP contribution < -0.4 is 22.1 Å². The number of benzene rings is 2. The van der Waals surface area contributed by atoms with E-state index in [4.69, 9.17) is 11.5 Å². The van der Waals surface area contributed by atoms with Crippen LogP contribution in [-0.2, 0) is 22.4 Å². The molecule has 8 nitrogen and oxygen atoms in total. The van der Waals surface area contributed by atoms with E-state index in [0.29, 0.717) is 12.8 Å². The summed E-state index contributed by atoms with van der Waals surface area (Å²) < 4.78 is 0. The smallest absolute Gasteiger partial charge is 0.237 e. The number of hydrogen-bond donors (Lipinski definition) is 6. The standard InChI is InChI=1S/C31H48N4O4/c1-30(2,3)26(32)28(38)34-23(17-20-13-9-7-10-14-20)22(19-36)25(37)24(18-21-15-11-8-12-16-21)35-29(39)27(33)31(4,5)6/h7-16,22-27,36-37H,17-19,32-33H2,1-6H3,(H,34,38)(H,35,39)/t22-,23-,24-,25+,26+,27+/m0/s1. The third-order valence-electron chi connectivity index (χ3n) is 7.26. The Hall–Kier alpha value is -2.78. The Labute approximate surface area is 233 Å². The second-order valence-corrected chi connectivity index (χ2v) is 12.6. The van der Waals surface area contributed by atoms with Gasteiger partial charge >= 0.3 is 0 Å². The Bertz CT molecular complexity index is 1030. The van der Waals surface area contributed by atoms with Crippen molar-refractivity contribution in [2.24, 2.45) is 28.2 Å². The van der Waals surface area contributed by atoms with E-state index < -0.39 is 59.5 Å². The van der Waals surface area contributed by atoms with Crippen molar-refractivity contribution < 1.29 is 19.8 Å². The van der Waals surface area contributed by atoms with Crippen molar-refractivity contribution >= 4 is 11.8 Å². The van der Waals surface area contributed by atoms with Crippen molar-refractivity contribution in [3.63, 3.8) is 0 Å². The van der Waals surface area contributed by atoms with Gasteiger partial charge in [-0.3, -0.25) is 9.59 Å². The molecule has 0 saturated heterocycles. The first-order valence-corrected chi connectivity index (χ1v) is 13.6. The summed E-state index contributed by atoms with van der Waals surface area (Å²) in [7, 11) is 0. The van der Waals surface area contributed by atoms with E-state index in [1.54, 1.807) is 0 Å². The van der Waals surface area contributed by atoms with Crippen LogP contribution in [0.2, 0.25) is 0 Å². The maximum Gasteiger partial charge on any atom is 0.237 e. The monoisotopic (exact) mass is 540 g/mol. The number of carbonyl (C=O) groups excluding carboxylic acids is 2. The Balaban J connectivity index is 2.43. The van der Waals surface area contributed by atoms with Gasteiger partial charge in [-0.25, -0.2) is 0 Å². The van der Waals surface area contributed by atoms with Crippen molar-refractivity contribution in [1.29, 1.82) is 0 Å². The molecule has 0 saturated carbocycles. The average molecular weight is 541 g/mol. The number of aliphatic hydroxyl groups is 2. The summed E-state index contributed by atoms with van der Waals surface area (Å²) in [6, 6.07) is 16.0. The third kappa shape index (κ3) is 9.72. The fourth-order valence-electron chi connectivity index (χ4n) is 4.41. The second-order valence-electron chi connectivity index (χ2n) is 12.6. The minimum Gasteiger partial charge on any atom is -0.396 e. The number of hydrogen-bond acceptors (Lipinski definition) is 6. The summed E-state index contributed by atoms with van der Waals surface area (Å²) in [5, 5.41) is 28.2. The molecule has 0 spiro atoms. The van der Waals surface area contributed by atoms with Gasteiger partial charge in [0.25, 0.3) is 0 Å². The number of rotatable bonds is 12. The van der Waals surface area contributed by atoms with E-state index in [1.807, 2.05) is 102 Å². The molecule has 0 fully saturated rings. The van der Waals surface area contributed by atoms with Gasteiger partial charge in [-0.2, -0.15) is 0 Å². The van der Waals surface area contributed by atoms with Gasteiger partial charge in [0.2, 0.25) is 11.8 Å². The molecule has 0 unspecified atom stereocenters. The number of aliphatic hydroxyl groups excluding tert-OH is 2. The lowest BCUT2D eigenvalue weighted by atomic mass is 9.82. The highest BCUT2D eigenvalue weighted by Gasteiger charge is 2.38. The molecule has 2 aromatic carbocycles. The predicted molar refractivity (Wildman–Crippen MR) is 156 cm³/mol. The highest BCUT2D eigenvalue weighted by molar-refractivity contribution is 5.83. The maximum absolute atomic E-state index is 13.2. The summed E-state index contributed by atoms with van der Waals surface area (Å²) in [5.74, 6) is -1.56. The van der Waals surface area contributed by atoms with Gasteiger partial charge in [0.15, 0.2) is 0 Å². The highest BCUT2D eigenvalue weighted by Crippen LogP contribution is 2.23. The maximum atomic E-state index is 13.2. The molecule has 6 atom stereocenters. The molecule has 2 amide bonds. The first-order chi connectivity index (χ1) is 18.1. The van der Waals surface area contributed by atoms with E-state index >= 15 is 0 Å². The zero-order chi connectivity index (χ0) is 29.4. The molecular formula is C31H48N4O4. The number of amides is 2. The zero-order valence-electron chi connectivity index (χ0n) is 24.2. The quantitative estimate of drug-likeness (QED) is 0.243. The molecule has 2 aromatic rings. The minimum absolute atomic E-state index is 0.314. The van der Waals surface area contributed by atoms with Crippen molar-refractivity contribution in [1.82, 2.24) is 10.6 Å². The van der Waals surface area contributed by atoms with Crippen LogP contribution in [0.3, 0.4) is 0 Å². The van der Waals surface area contributed by atoms with Gasteiger partial charge in [-0.1, -0.05) is 102 Å². The van der Waals surface area contributed by atoms with Gasteiger partial charge in [0, 0.05) is 12.0 Å². The fourth-order valence-corrected chi connectivity index (χ4v) is 4.41. The first-order valence-electron chi connectivity index (χ1n) is 13.6. The number of nitrogens with one attached hydrogen (secondary N) is 2. The number of carbonyl (C=O) groups is 2. The van der Waals surface area contributed by atoms with Crippen LogP contribution >= 0.6 is 0 Å². The molecule has 0 aliphatic carbocycles. The lowest BCUT2D eigenvalue weighted by Crippen LogP contribution is -2.60. The Morgan fingerprint density at radius 3 is 1.44 bits per heavy atom. The summed E-state index contributed by atoms with van der Waals surface area (Å²) >= 11 is 0. The van der Waals surface area contributed by atoms with E-state index in [2.05, 4.69) is 10.6 Å². The molecule has 8 N–H and O–H groups in total. The van der Waals surface area contributed by atoms with Crippen LogP contribution in [0.4, 0.5) is 0 Å². The second kappa shape index (κ2) is 14.0. The molecule has 0 heterocycles. The zero-order valence-corrected chi connectivity index (χ0v) is 24.2. The molecule has 39 heavy (non-hydrogen) atoms. The summed E-state index contributed by atoms with van der Waals surface area (Å²) in [4.78, 5) is 26.3. The Kier molecular flexibility index (Phi) is 11.7. The van der Waals surface area contributed by atoms with Crippen LogP contribution in [0.25, 0.3) is 0 Å². The molecule has 0 bridgehead atoms. The van der Waals surface area contributed by atoms with E-state index in [-0.39, 0.29) is 5.91 Å². The molecule has 0 aromatic heterocycles. The minimum atomic E-state index is -1.20. The average Bonchev–Trinajstić information content (AvgIpc) is 2.87. The Morgan fingerprint density at radius 1 is 0.718 bits per heavy atom. The third-order valence-corrected chi connectivity index (χ3v) is 7.26. The summed E-state index contributed by atoms with van der Waals surface area (Å²) in [5.41, 5.74) is 13.3. The SMILES string of the molecule is CC(C)(C)[C@H](N)C(=O)N[C@@H](Cc1ccccc1)[C@H](O)[C@@H](CO)[C@H](Cc1ccccc1)NC(=O)[C@@H](N)C(C)(C)C. The fraction of sp³-hybridized carbons (Fsp3) is 0.548. The summed E-state index contributed by atoms with van der Waals surface area (Å²) in [6.45, 7) is 10.8. The van der Waals surface area contributed by atoms with Crippen molar-refractivity contribution in [2.75, 3.05) is 6.61 Å². The van der Waals surface area contributed by atoms with Gasteiger partial charge < -0.3 is 32.3 Å².